The Bertz CT molecular complexity index is 996. The van der Waals surface area contributed by atoms with E-state index in [1.807, 2.05) is 13.8 Å². The summed E-state index contributed by atoms with van der Waals surface area (Å²) in [5, 5.41) is 18.6. The van der Waals surface area contributed by atoms with Gasteiger partial charge in [-0.25, -0.2) is 9.59 Å². The summed E-state index contributed by atoms with van der Waals surface area (Å²) in [5.74, 6) is 3.31. The van der Waals surface area contributed by atoms with Crippen LogP contribution in [-0.2, 0) is 16.1 Å². The molecule has 2 aromatic rings. The number of rotatable bonds is 8. The molecule has 1 heterocycles. The summed E-state index contributed by atoms with van der Waals surface area (Å²) in [5.41, 5.74) is 0.309. The highest BCUT2D eigenvalue weighted by atomic mass is 16.5. The molecule has 0 bridgehead atoms. The summed E-state index contributed by atoms with van der Waals surface area (Å²) in [6, 6.07) is 5.00. The molecule has 0 amide bonds. The van der Waals surface area contributed by atoms with Crippen molar-refractivity contribution >= 4 is 22.8 Å². The number of fused-ring (bicyclic) bond motifs is 1. The van der Waals surface area contributed by atoms with Crippen molar-refractivity contribution in [3.05, 3.63) is 45.7 Å². The highest BCUT2D eigenvalue weighted by Crippen LogP contribution is 2.14. The quantitative estimate of drug-likeness (QED) is 0.677. The number of unbranched alkanes of at least 4 members (excludes halogenated alkanes) is 1. The third kappa shape index (κ3) is 4.99. The summed E-state index contributed by atoms with van der Waals surface area (Å²) < 4.78 is 7.01. The zero-order valence-corrected chi connectivity index (χ0v) is 15.9. The van der Waals surface area contributed by atoms with Gasteiger partial charge in [0.1, 0.15) is 12.2 Å². The third-order valence-electron chi connectivity index (χ3n) is 4.34. The first kappa shape index (κ1) is 21.2. The molecule has 0 aliphatic rings. The van der Waals surface area contributed by atoms with Gasteiger partial charge in [-0.15, -0.1) is 0 Å². The minimum atomic E-state index is -1.27. The van der Waals surface area contributed by atoms with E-state index in [1.165, 1.54) is 6.20 Å². The van der Waals surface area contributed by atoms with Crippen LogP contribution in [0.4, 0.5) is 0 Å². The van der Waals surface area contributed by atoms with Crippen LogP contribution in [-0.4, -0.2) is 39.4 Å². The van der Waals surface area contributed by atoms with Crippen LogP contribution < -0.4 is 5.43 Å². The van der Waals surface area contributed by atoms with E-state index >= 15 is 0 Å². The first-order valence-corrected chi connectivity index (χ1v) is 9.12. The highest BCUT2D eigenvalue weighted by Gasteiger charge is 2.16. The lowest BCUT2D eigenvalue weighted by Gasteiger charge is -2.10. The second kappa shape index (κ2) is 9.72. The standard InChI is InChI=1S/C21H23NO6/c1-3-5-8-18(21(26)27)28-11-6-7-14-9-10-17-15(12-14)19(23)16(20(24)25)13-22(17)4-2/h9-10,12-13,18H,3-5,8,11H2,1-2H3,(H,24,25)(H,26,27). The first-order chi connectivity index (χ1) is 13.4. The Kier molecular flexibility index (Phi) is 7.36. The molecule has 2 rings (SSSR count). The van der Waals surface area contributed by atoms with Crippen LogP contribution in [0, 0.1) is 11.8 Å². The highest BCUT2D eigenvalue weighted by molar-refractivity contribution is 5.92. The lowest BCUT2D eigenvalue weighted by atomic mass is 10.1. The third-order valence-corrected chi connectivity index (χ3v) is 4.34. The fourth-order valence-corrected chi connectivity index (χ4v) is 2.84. The smallest absolute Gasteiger partial charge is 0.341 e. The summed E-state index contributed by atoms with van der Waals surface area (Å²) in [6.45, 7) is 4.30. The zero-order valence-electron chi connectivity index (χ0n) is 15.9. The zero-order chi connectivity index (χ0) is 20.7. The van der Waals surface area contributed by atoms with E-state index in [0.29, 0.717) is 24.0 Å². The van der Waals surface area contributed by atoms with Crippen molar-refractivity contribution in [3.63, 3.8) is 0 Å². The predicted octanol–water partition coefficient (Wildman–Crippen LogP) is 2.73. The SMILES string of the molecule is CCCCC(OCC#Cc1ccc2c(c1)c(=O)c(C(=O)O)cn2CC)C(=O)O. The van der Waals surface area contributed by atoms with E-state index < -0.39 is 23.5 Å². The number of carboxylic acid groups (broad SMARTS) is 2. The van der Waals surface area contributed by atoms with E-state index in [9.17, 15) is 19.5 Å². The largest absolute Gasteiger partial charge is 0.479 e. The van der Waals surface area contributed by atoms with Crippen LogP contribution in [0.2, 0.25) is 0 Å². The van der Waals surface area contributed by atoms with Gasteiger partial charge in [-0.2, -0.15) is 0 Å². The number of carboxylic acids is 2. The summed E-state index contributed by atoms with van der Waals surface area (Å²) in [6.07, 6.45) is 2.52. The number of hydrogen-bond donors (Lipinski definition) is 2. The van der Waals surface area contributed by atoms with E-state index in [2.05, 4.69) is 11.8 Å². The second-order valence-corrected chi connectivity index (χ2v) is 6.28. The Balaban J connectivity index is 2.26. The number of hydrogen-bond acceptors (Lipinski definition) is 4. The van der Waals surface area contributed by atoms with Crippen molar-refractivity contribution in [3.8, 4) is 11.8 Å². The van der Waals surface area contributed by atoms with Crippen LogP contribution in [0.5, 0.6) is 0 Å². The fourth-order valence-electron chi connectivity index (χ4n) is 2.84. The van der Waals surface area contributed by atoms with Crippen LogP contribution in [0.15, 0.2) is 29.2 Å². The van der Waals surface area contributed by atoms with Crippen LogP contribution in [0.25, 0.3) is 10.9 Å². The summed E-state index contributed by atoms with van der Waals surface area (Å²) in [4.78, 5) is 34.9. The number of aliphatic carboxylic acids is 1. The molecule has 7 nitrogen and oxygen atoms in total. The molecule has 1 atom stereocenters. The first-order valence-electron chi connectivity index (χ1n) is 9.12. The van der Waals surface area contributed by atoms with Gasteiger partial charge >= 0.3 is 11.9 Å². The number of benzene rings is 1. The number of pyridine rings is 1. The number of carbonyl (C=O) groups is 2. The Morgan fingerprint density at radius 2 is 2.00 bits per heavy atom. The lowest BCUT2D eigenvalue weighted by Crippen LogP contribution is -2.23. The molecule has 0 saturated carbocycles. The summed E-state index contributed by atoms with van der Waals surface area (Å²) >= 11 is 0. The molecule has 7 heteroatoms. The van der Waals surface area contributed by atoms with Gasteiger partial charge in [-0.05, 0) is 31.5 Å². The van der Waals surface area contributed by atoms with Gasteiger partial charge in [0.15, 0.2) is 6.10 Å². The van der Waals surface area contributed by atoms with Crippen molar-refractivity contribution in [1.29, 1.82) is 0 Å². The maximum absolute atomic E-state index is 12.5. The summed E-state index contributed by atoms with van der Waals surface area (Å²) in [7, 11) is 0. The van der Waals surface area contributed by atoms with Crippen molar-refractivity contribution in [2.45, 2.75) is 45.8 Å². The topological polar surface area (TPSA) is 106 Å². The molecule has 2 N–H and O–H groups in total. The Morgan fingerprint density at radius 1 is 1.25 bits per heavy atom. The van der Waals surface area contributed by atoms with Gasteiger partial charge in [0.2, 0.25) is 5.43 Å². The van der Waals surface area contributed by atoms with E-state index in [-0.39, 0.29) is 17.6 Å². The molecule has 0 fully saturated rings. The van der Waals surface area contributed by atoms with Crippen LogP contribution >= 0.6 is 0 Å². The van der Waals surface area contributed by atoms with Gasteiger partial charge in [0.25, 0.3) is 0 Å². The molecule has 0 spiro atoms. The van der Waals surface area contributed by atoms with Gasteiger partial charge in [-0.3, -0.25) is 4.79 Å². The lowest BCUT2D eigenvalue weighted by molar-refractivity contribution is -0.149. The number of aromatic carboxylic acids is 1. The number of aromatic nitrogens is 1. The molecule has 148 valence electrons. The second-order valence-electron chi connectivity index (χ2n) is 6.28. The number of aryl methyl sites for hydroxylation is 1. The molecule has 0 aliphatic carbocycles. The number of ether oxygens (including phenoxy) is 1. The van der Waals surface area contributed by atoms with Crippen molar-refractivity contribution in [1.82, 2.24) is 4.57 Å². The van der Waals surface area contributed by atoms with Crippen LogP contribution in [0.1, 0.15) is 49.0 Å². The Hall–Kier alpha value is -3.11. The molecule has 1 aromatic carbocycles. The van der Waals surface area contributed by atoms with Crippen molar-refractivity contribution in [2.24, 2.45) is 0 Å². The minimum Gasteiger partial charge on any atom is -0.479 e. The van der Waals surface area contributed by atoms with Crippen molar-refractivity contribution in [2.75, 3.05) is 6.61 Å². The normalized spacial score (nSPS) is 11.6. The van der Waals surface area contributed by atoms with Crippen molar-refractivity contribution < 1.29 is 24.5 Å². The van der Waals surface area contributed by atoms with E-state index in [4.69, 9.17) is 9.84 Å². The van der Waals surface area contributed by atoms with Gasteiger partial charge in [0, 0.05) is 23.7 Å². The maximum atomic E-state index is 12.5. The monoisotopic (exact) mass is 385 g/mol. The van der Waals surface area contributed by atoms with Gasteiger partial charge in [0.05, 0.1) is 5.52 Å². The average molecular weight is 385 g/mol. The van der Waals surface area contributed by atoms with Gasteiger partial charge in [-0.1, -0.05) is 31.6 Å². The minimum absolute atomic E-state index is 0.0485. The molecule has 28 heavy (non-hydrogen) atoms. The molecule has 0 saturated heterocycles. The van der Waals surface area contributed by atoms with E-state index in [0.717, 1.165) is 12.8 Å². The maximum Gasteiger partial charge on any atom is 0.341 e. The molecule has 0 aliphatic heterocycles. The van der Waals surface area contributed by atoms with E-state index in [1.54, 1.807) is 22.8 Å². The number of nitrogens with zero attached hydrogens (tertiary/aromatic N) is 1. The molecule has 1 unspecified atom stereocenters. The molecule has 0 radical (unpaired) electrons. The molecular weight excluding hydrogens is 362 g/mol. The van der Waals surface area contributed by atoms with Gasteiger partial charge < -0.3 is 19.5 Å². The predicted molar refractivity (Wildman–Crippen MR) is 105 cm³/mol. The molecule has 1 aromatic heterocycles. The molecular formula is C21H23NO6. The fraction of sp³-hybridized carbons (Fsp3) is 0.381. The Labute approximate surface area is 162 Å². The Morgan fingerprint density at radius 3 is 2.61 bits per heavy atom. The average Bonchev–Trinajstić information content (AvgIpc) is 2.67. The van der Waals surface area contributed by atoms with Crippen LogP contribution in [0.3, 0.4) is 0 Å².